The van der Waals surface area contributed by atoms with Crippen LogP contribution in [0.4, 0.5) is 13.2 Å². The molecule has 1 aliphatic heterocycles. The molecule has 1 aliphatic carbocycles. The zero-order valence-corrected chi connectivity index (χ0v) is 23.3. The molecule has 1 aromatic carbocycles. The summed E-state index contributed by atoms with van der Waals surface area (Å²) in [6.45, 7) is 6.69. The quantitative estimate of drug-likeness (QED) is 0.442. The number of carbonyl (C=O) groups is 4. The monoisotopic (exact) mass is 573 g/mol. The van der Waals surface area contributed by atoms with Crippen LogP contribution in [0.15, 0.2) is 42.7 Å². The molecule has 3 unspecified atom stereocenters. The molecule has 2 aromatic rings. The van der Waals surface area contributed by atoms with Crippen LogP contribution in [0.3, 0.4) is 0 Å². The molecule has 9 nitrogen and oxygen atoms in total. The van der Waals surface area contributed by atoms with Gasteiger partial charge < -0.3 is 20.9 Å². The number of rotatable bonds is 8. The van der Waals surface area contributed by atoms with Crippen molar-refractivity contribution in [3.8, 4) is 0 Å². The van der Waals surface area contributed by atoms with Gasteiger partial charge in [-0.25, -0.2) is 0 Å². The average Bonchev–Trinajstić information content (AvgIpc) is 3.64. The van der Waals surface area contributed by atoms with Crippen molar-refractivity contribution in [3.63, 3.8) is 0 Å². The maximum Gasteiger partial charge on any atom is 0.408 e. The number of pyridine rings is 1. The summed E-state index contributed by atoms with van der Waals surface area (Å²) >= 11 is 0. The molecule has 0 radical (unpaired) electrons. The SMILES string of the molecule is CC1CCC(C)N1C(=O)c1ccc([C@@H](C)NC(=O)C2(NC(=O)c3cncc(C(=O)NC(C)C(F)(F)F)c3)CC2)cc1. The number of halogens is 3. The summed E-state index contributed by atoms with van der Waals surface area (Å²) in [5.41, 5.74) is -0.0582. The molecule has 12 heteroatoms. The summed E-state index contributed by atoms with van der Waals surface area (Å²) in [7, 11) is 0. The van der Waals surface area contributed by atoms with Gasteiger partial charge in [-0.05, 0) is 77.1 Å². The first-order valence-electron chi connectivity index (χ1n) is 13.6. The van der Waals surface area contributed by atoms with E-state index in [1.54, 1.807) is 31.2 Å². The molecule has 0 spiro atoms. The van der Waals surface area contributed by atoms with Crippen LogP contribution in [0, 0.1) is 0 Å². The van der Waals surface area contributed by atoms with Crippen molar-refractivity contribution in [2.45, 2.75) is 89.3 Å². The number of likely N-dealkylation sites (tertiary alicyclic amines) is 1. The van der Waals surface area contributed by atoms with E-state index < -0.39 is 35.6 Å². The number of nitrogens with zero attached hydrogens (tertiary/aromatic N) is 2. The Balaban J connectivity index is 1.36. The number of aromatic nitrogens is 1. The molecule has 4 rings (SSSR count). The van der Waals surface area contributed by atoms with Crippen molar-refractivity contribution in [2.75, 3.05) is 0 Å². The van der Waals surface area contributed by atoms with Crippen molar-refractivity contribution in [2.24, 2.45) is 0 Å². The normalized spacial score (nSPS) is 21.0. The lowest BCUT2D eigenvalue weighted by molar-refractivity contribution is -0.149. The predicted octanol–water partition coefficient (Wildman–Crippen LogP) is 3.92. The number of hydrogen-bond acceptors (Lipinski definition) is 5. The molecular weight excluding hydrogens is 539 g/mol. The Hall–Kier alpha value is -3.96. The Labute approximate surface area is 236 Å². The fourth-order valence-electron chi connectivity index (χ4n) is 4.95. The second-order valence-corrected chi connectivity index (χ2v) is 11.0. The minimum Gasteiger partial charge on any atom is -0.348 e. The predicted molar refractivity (Wildman–Crippen MR) is 144 cm³/mol. The van der Waals surface area contributed by atoms with Crippen LogP contribution in [0.25, 0.3) is 0 Å². The maximum absolute atomic E-state index is 13.1. The fourth-order valence-corrected chi connectivity index (χ4v) is 4.95. The lowest BCUT2D eigenvalue weighted by atomic mass is 10.0. The van der Waals surface area contributed by atoms with Gasteiger partial charge in [-0.2, -0.15) is 13.2 Å². The number of alkyl halides is 3. The van der Waals surface area contributed by atoms with Gasteiger partial charge in [0.2, 0.25) is 5.91 Å². The zero-order valence-electron chi connectivity index (χ0n) is 23.3. The molecule has 220 valence electrons. The third kappa shape index (κ3) is 6.68. The number of benzene rings is 1. The summed E-state index contributed by atoms with van der Waals surface area (Å²) in [4.78, 5) is 56.9. The Morgan fingerprint density at radius 1 is 0.902 bits per heavy atom. The smallest absolute Gasteiger partial charge is 0.348 e. The third-order valence-corrected chi connectivity index (χ3v) is 7.83. The van der Waals surface area contributed by atoms with Gasteiger partial charge in [-0.15, -0.1) is 0 Å². The molecule has 4 atom stereocenters. The largest absolute Gasteiger partial charge is 0.408 e. The van der Waals surface area contributed by atoms with E-state index in [-0.39, 0.29) is 35.0 Å². The molecule has 2 fully saturated rings. The van der Waals surface area contributed by atoms with E-state index in [9.17, 15) is 32.3 Å². The first-order chi connectivity index (χ1) is 19.2. The molecule has 1 aromatic heterocycles. The Morgan fingerprint density at radius 2 is 1.46 bits per heavy atom. The van der Waals surface area contributed by atoms with Gasteiger partial charge >= 0.3 is 6.18 Å². The molecule has 41 heavy (non-hydrogen) atoms. The number of nitrogens with one attached hydrogen (secondary N) is 3. The van der Waals surface area contributed by atoms with Gasteiger partial charge in [-0.1, -0.05) is 12.1 Å². The highest BCUT2D eigenvalue weighted by Gasteiger charge is 2.51. The Kier molecular flexibility index (Phi) is 8.41. The minimum atomic E-state index is -4.62. The first kappa shape index (κ1) is 30.0. The lowest BCUT2D eigenvalue weighted by Gasteiger charge is -2.26. The molecule has 4 amide bonds. The molecule has 2 heterocycles. The Bertz CT molecular complexity index is 1320. The second-order valence-electron chi connectivity index (χ2n) is 11.0. The minimum absolute atomic E-state index is 0.0173. The van der Waals surface area contributed by atoms with Gasteiger partial charge in [0, 0.05) is 30.0 Å². The summed E-state index contributed by atoms with van der Waals surface area (Å²) in [5, 5.41) is 7.41. The summed E-state index contributed by atoms with van der Waals surface area (Å²) in [6, 6.07) is 6.10. The maximum atomic E-state index is 13.1. The van der Waals surface area contributed by atoms with Crippen LogP contribution in [-0.4, -0.2) is 63.4 Å². The van der Waals surface area contributed by atoms with Crippen LogP contribution >= 0.6 is 0 Å². The topological polar surface area (TPSA) is 120 Å². The van der Waals surface area contributed by atoms with Crippen molar-refractivity contribution >= 4 is 23.6 Å². The summed E-state index contributed by atoms with van der Waals surface area (Å²) in [6.07, 6.45) is 0.354. The molecule has 3 N–H and O–H groups in total. The molecule has 0 bridgehead atoms. The fraction of sp³-hybridized carbons (Fsp3) is 0.483. The lowest BCUT2D eigenvalue weighted by Crippen LogP contribution is -2.49. The van der Waals surface area contributed by atoms with E-state index in [1.165, 1.54) is 6.20 Å². The van der Waals surface area contributed by atoms with Crippen molar-refractivity contribution < 1.29 is 32.3 Å². The van der Waals surface area contributed by atoms with E-state index in [1.807, 2.05) is 24.1 Å². The van der Waals surface area contributed by atoms with E-state index in [0.717, 1.165) is 37.6 Å². The van der Waals surface area contributed by atoms with Crippen LogP contribution in [0.2, 0.25) is 0 Å². The van der Waals surface area contributed by atoms with Crippen LogP contribution in [0.1, 0.15) is 96.1 Å². The van der Waals surface area contributed by atoms with Crippen molar-refractivity contribution in [1.29, 1.82) is 0 Å². The third-order valence-electron chi connectivity index (χ3n) is 7.83. The number of carbonyl (C=O) groups excluding carboxylic acids is 4. The number of amides is 4. The Morgan fingerprint density at radius 3 is 2.00 bits per heavy atom. The second kappa shape index (κ2) is 11.5. The van der Waals surface area contributed by atoms with Crippen molar-refractivity contribution in [3.05, 3.63) is 65.0 Å². The molecular formula is C29H34F3N5O4. The van der Waals surface area contributed by atoms with Gasteiger partial charge in [0.05, 0.1) is 17.2 Å². The summed E-state index contributed by atoms with van der Waals surface area (Å²) in [5.74, 6) is -2.11. The van der Waals surface area contributed by atoms with E-state index in [2.05, 4.69) is 15.6 Å². The van der Waals surface area contributed by atoms with Gasteiger partial charge in [0.1, 0.15) is 11.6 Å². The highest BCUT2D eigenvalue weighted by atomic mass is 19.4. The first-order valence-corrected chi connectivity index (χ1v) is 13.6. The highest BCUT2D eigenvalue weighted by Crippen LogP contribution is 2.36. The van der Waals surface area contributed by atoms with Gasteiger partial charge in [-0.3, -0.25) is 24.2 Å². The molecule has 2 aliphatic rings. The van der Waals surface area contributed by atoms with E-state index >= 15 is 0 Å². The van der Waals surface area contributed by atoms with Crippen LogP contribution in [0.5, 0.6) is 0 Å². The molecule has 1 saturated carbocycles. The highest BCUT2D eigenvalue weighted by molar-refractivity contribution is 6.02. The van der Waals surface area contributed by atoms with Gasteiger partial charge in [0.15, 0.2) is 0 Å². The zero-order chi connectivity index (χ0) is 30.1. The van der Waals surface area contributed by atoms with Crippen molar-refractivity contribution in [1.82, 2.24) is 25.8 Å². The standard InChI is InChI=1S/C29H34F3N5O4/c1-16-5-6-17(2)37(16)26(40)21-9-7-20(8-10-21)18(3)34-27(41)28(11-12-28)36-25(39)23-13-22(14-33-15-23)24(38)35-19(4)29(30,31)32/h7-10,13-19H,5-6,11-12H2,1-4H3,(H,34,41)(H,35,38)(H,36,39)/t16?,17?,18-,19?/m1/s1. The molecule has 1 saturated heterocycles. The van der Waals surface area contributed by atoms with Gasteiger partial charge in [0.25, 0.3) is 17.7 Å². The van der Waals surface area contributed by atoms with Crippen LogP contribution < -0.4 is 16.0 Å². The number of hydrogen-bond donors (Lipinski definition) is 3. The van der Waals surface area contributed by atoms with Crippen LogP contribution in [-0.2, 0) is 4.79 Å². The average molecular weight is 574 g/mol. The van der Waals surface area contributed by atoms with E-state index in [4.69, 9.17) is 0 Å². The van der Waals surface area contributed by atoms with E-state index in [0.29, 0.717) is 18.4 Å². The summed E-state index contributed by atoms with van der Waals surface area (Å²) < 4.78 is 38.4.